The number of carbonyl (C=O) groups is 4. The lowest BCUT2D eigenvalue weighted by atomic mass is 10.0. The molecule has 0 aliphatic carbocycles. The van der Waals surface area contributed by atoms with Crippen molar-refractivity contribution < 1.29 is 29.2 Å². The number of rotatable bonds is 10. The first-order valence-electron chi connectivity index (χ1n) is 13.1. The highest BCUT2D eigenvalue weighted by molar-refractivity contribution is 5.99. The first kappa shape index (κ1) is 28.9. The van der Waals surface area contributed by atoms with Gasteiger partial charge in [0.25, 0.3) is 17.5 Å². The predicted molar refractivity (Wildman–Crippen MR) is 149 cm³/mol. The van der Waals surface area contributed by atoms with Crippen molar-refractivity contribution in [1.82, 2.24) is 15.1 Å². The third kappa shape index (κ3) is 7.13. The maximum Gasteiger partial charge on any atom is 0.305 e. The van der Waals surface area contributed by atoms with Crippen LogP contribution in [0.5, 0.6) is 0 Å². The van der Waals surface area contributed by atoms with Crippen LogP contribution in [0.15, 0.2) is 78.9 Å². The molecule has 11 nitrogen and oxygen atoms in total. The summed E-state index contributed by atoms with van der Waals surface area (Å²) in [5.41, 5.74) is 2.09. The fourth-order valence-electron chi connectivity index (χ4n) is 4.90. The van der Waals surface area contributed by atoms with Crippen LogP contribution in [0.3, 0.4) is 0 Å². The zero-order valence-corrected chi connectivity index (χ0v) is 22.4. The minimum absolute atomic E-state index is 0.0995. The largest absolute Gasteiger partial charge is 0.481 e. The van der Waals surface area contributed by atoms with Gasteiger partial charge in [0, 0.05) is 37.2 Å². The molecule has 1 fully saturated rings. The van der Waals surface area contributed by atoms with Crippen molar-refractivity contribution in [2.75, 3.05) is 13.1 Å². The molecule has 1 aliphatic heterocycles. The molecule has 2 unspecified atom stereocenters. The van der Waals surface area contributed by atoms with Gasteiger partial charge in [-0.3, -0.25) is 29.3 Å². The van der Waals surface area contributed by atoms with Gasteiger partial charge in [0.2, 0.25) is 5.91 Å². The van der Waals surface area contributed by atoms with Crippen LogP contribution in [0, 0.1) is 17.0 Å². The molecule has 0 aromatic heterocycles. The number of nitrogens with zero attached hydrogens (tertiary/aromatic N) is 3. The minimum atomic E-state index is -1.33. The number of hydrogen-bond acceptors (Lipinski definition) is 6. The first-order chi connectivity index (χ1) is 19.6. The van der Waals surface area contributed by atoms with Gasteiger partial charge in [-0.1, -0.05) is 60.2 Å². The molecule has 0 saturated carbocycles. The number of carboxylic acid groups (broad SMARTS) is 1. The van der Waals surface area contributed by atoms with E-state index in [1.54, 1.807) is 18.2 Å². The number of amides is 3. The topological polar surface area (TPSA) is 150 Å². The summed E-state index contributed by atoms with van der Waals surface area (Å²) in [5.74, 6) is -2.78. The number of nitro benzene ring substituents is 1. The number of aliphatic carboxylic acids is 1. The number of aryl methyl sites for hydroxylation is 2. The fraction of sp³-hybridized carbons (Fsp3) is 0.267. The van der Waals surface area contributed by atoms with Gasteiger partial charge in [-0.05, 0) is 36.6 Å². The molecular weight excluding hydrogens is 528 g/mol. The molecule has 2 atom stereocenters. The molecule has 4 rings (SSSR count). The number of nitro groups is 1. The molecule has 212 valence electrons. The van der Waals surface area contributed by atoms with E-state index in [-0.39, 0.29) is 36.7 Å². The highest BCUT2D eigenvalue weighted by Crippen LogP contribution is 2.25. The van der Waals surface area contributed by atoms with Gasteiger partial charge in [-0.2, -0.15) is 0 Å². The number of benzene rings is 3. The molecule has 1 heterocycles. The van der Waals surface area contributed by atoms with Crippen molar-refractivity contribution in [2.24, 2.45) is 0 Å². The van der Waals surface area contributed by atoms with Crippen LogP contribution < -0.4 is 5.32 Å². The zero-order chi connectivity index (χ0) is 29.5. The number of nitrogens with one attached hydrogen (secondary N) is 1. The third-order valence-electron chi connectivity index (χ3n) is 6.90. The Hall–Kier alpha value is -5.06. The summed E-state index contributed by atoms with van der Waals surface area (Å²) in [6, 6.07) is 20.5. The van der Waals surface area contributed by atoms with Gasteiger partial charge in [-0.15, -0.1) is 0 Å². The van der Waals surface area contributed by atoms with E-state index in [0.717, 1.165) is 11.1 Å². The van der Waals surface area contributed by atoms with E-state index in [9.17, 15) is 34.4 Å². The lowest BCUT2D eigenvalue weighted by Crippen LogP contribution is -2.54. The van der Waals surface area contributed by atoms with E-state index in [1.165, 1.54) is 34.1 Å². The molecule has 0 bridgehead atoms. The minimum Gasteiger partial charge on any atom is -0.481 e. The van der Waals surface area contributed by atoms with Crippen LogP contribution >= 0.6 is 0 Å². The maximum absolute atomic E-state index is 13.8. The van der Waals surface area contributed by atoms with Gasteiger partial charge in [0.1, 0.15) is 0 Å². The van der Waals surface area contributed by atoms with Crippen molar-refractivity contribution >= 4 is 29.4 Å². The van der Waals surface area contributed by atoms with Crippen LogP contribution in [0.2, 0.25) is 0 Å². The van der Waals surface area contributed by atoms with Crippen LogP contribution in [0.1, 0.15) is 45.9 Å². The Labute approximate surface area is 236 Å². The van der Waals surface area contributed by atoms with Crippen molar-refractivity contribution in [2.45, 2.75) is 38.4 Å². The Morgan fingerprint density at radius 3 is 2.37 bits per heavy atom. The number of hydrogen-bond donors (Lipinski definition) is 2. The van der Waals surface area contributed by atoms with Crippen LogP contribution in [-0.4, -0.2) is 62.8 Å². The molecule has 2 N–H and O–H groups in total. The van der Waals surface area contributed by atoms with Crippen LogP contribution in [-0.2, 0) is 20.8 Å². The average Bonchev–Trinajstić information content (AvgIpc) is 3.41. The van der Waals surface area contributed by atoms with E-state index in [4.69, 9.17) is 0 Å². The molecule has 41 heavy (non-hydrogen) atoms. The normalized spacial score (nSPS) is 15.3. The SMILES string of the molecule is Cc1cccc(C(=O)N2CCN(C(=O)CCc3ccccc3)C2C(=O)NC(CC(=O)O)c2cccc([N+](=O)[O-])c2)c1. The molecule has 3 aromatic rings. The summed E-state index contributed by atoms with van der Waals surface area (Å²) >= 11 is 0. The second-order valence-electron chi connectivity index (χ2n) is 9.83. The monoisotopic (exact) mass is 558 g/mol. The van der Waals surface area contributed by atoms with E-state index < -0.39 is 41.3 Å². The van der Waals surface area contributed by atoms with Crippen molar-refractivity contribution in [3.05, 3.63) is 111 Å². The van der Waals surface area contributed by atoms with E-state index in [2.05, 4.69) is 5.32 Å². The average molecular weight is 559 g/mol. The molecule has 1 aliphatic rings. The Morgan fingerprint density at radius 1 is 0.976 bits per heavy atom. The molecule has 0 radical (unpaired) electrons. The summed E-state index contributed by atoms with van der Waals surface area (Å²) in [6.45, 7) is 2.05. The zero-order valence-electron chi connectivity index (χ0n) is 22.4. The second-order valence-corrected chi connectivity index (χ2v) is 9.83. The van der Waals surface area contributed by atoms with Gasteiger partial charge in [0.05, 0.1) is 17.4 Å². The molecular formula is C30H30N4O7. The summed E-state index contributed by atoms with van der Waals surface area (Å²) in [4.78, 5) is 65.7. The van der Waals surface area contributed by atoms with E-state index >= 15 is 0 Å². The standard InChI is InChI=1S/C30H30N4O7/c1-20-7-5-11-23(17-20)30(39)33-16-15-32(26(35)14-13-21-8-3-2-4-9-21)29(33)28(38)31-25(19-27(36)37)22-10-6-12-24(18-22)34(40)41/h2-12,17-18,25,29H,13-16,19H2,1H3,(H,31,38)(H,36,37). The lowest BCUT2D eigenvalue weighted by molar-refractivity contribution is -0.384. The third-order valence-corrected chi connectivity index (χ3v) is 6.90. The quantitative estimate of drug-likeness (QED) is 0.286. The Kier molecular flexibility index (Phi) is 9.08. The Bertz CT molecular complexity index is 1460. The van der Waals surface area contributed by atoms with Crippen molar-refractivity contribution in [3.8, 4) is 0 Å². The molecule has 1 saturated heterocycles. The highest BCUT2D eigenvalue weighted by Gasteiger charge is 2.43. The van der Waals surface area contributed by atoms with Gasteiger partial charge in [0.15, 0.2) is 6.17 Å². The van der Waals surface area contributed by atoms with E-state index in [0.29, 0.717) is 12.0 Å². The Balaban J connectivity index is 1.63. The van der Waals surface area contributed by atoms with Gasteiger partial charge >= 0.3 is 5.97 Å². The first-order valence-corrected chi connectivity index (χ1v) is 13.1. The molecule has 11 heteroatoms. The van der Waals surface area contributed by atoms with Crippen molar-refractivity contribution in [3.63, 3.8) is 0 Å². The highest BCUT2D eigenvalue weighted by atomic mass is 16.6. The second kappa shape index (κ2) is 12.9. The molecule has 0 spiro atoms. The molecule has 3 amide bonds. The van der Waals surface area contributed by atoms with Crippen LogP contribution in [0.4, 0.5) is 5.69 Å². The Morgan fingerprint density at radius 2 is 1.68 bits per heavy atom. The van der Waals surface area contributed by atoms with Gasteiger partial charge < -0.3 is 20.2 Å². The number of carboxylic acids is 1. The smallest absolute Gasteiger partial charge is 0.305 e. The van der Waals surface area contributed by atoms with Crippen LogP contribution in [0.25, 0.3) is 0 Å². The summed E-state index contributed by atoms with van der Waals surface area (Å²) in [7, 11) is 0. The van der Waals surface area contributed by atoms with Crippen molar-refractivity contribution in [1.29, 1.82) is 0 Å². The molecule has 3 aromatic carbocycles. The fourth-order valence-corrected chi connectivity index (χ4v) is 4.90. The predicted octanol–water partition coefficient (Wildman–Crippen LogP) is 3.48. The van der Waals surface area contributed by atoms with Gasteiger partial charge in [-0.25, -0.2) is 0 Å². The summed E-state index contributed by atoms with van der Waals surface area (Å²) in [5, 5.41) is 23.5. The summed E-state index contributed by atoms with van der Waals surface area (Å²) in [6.07, 6.45) is -1.36. The number of carbonyl (C=O) groups excluding carboxylic acids is 3. The maximum atomic E-state index is 13.8. The summed E-state index contributed by atoms with van der Waals surface area (Å²) < 4.78 is 0. The lowest BCUT2D eigenvalue weighted by Gasteiger charge is -2.31. The number of non-ortho nitro benzene ring substituents is 1. The van der Waals surface area contributed by atoms with E-state index in [1.807, 2.05) is 43.3 Å².